The fraction of sp³-hybridized carbons (Fsp3) is 0.600. The van der Waals surface area contributed by atoms with Crippen LogP contribution in [0.3, 0.4) is 0 Å². The molecule has 98 valence electrons. The van der Waals surface area contributed by atoms with Gasteiger partial charge in [-0.25, -0.2) is 4.39 Å². The van der Waals surface area contributed by atoms with Crippen LogP contribution in [-0.2, 0) is 6.42 Å². The maximum atomic E-state index is 13.2. The minimum Gasteiger partial charge on any atom is -0.328 e. The van der Waals surface area contributed by atoms with Gasteiger partial charge < -0.3 is 11.1 Å². The Morgan fingerprint density at radius 1 is 1.11 bits per heavy atom. The van der Waals surface area contributed by atoms with Crippen LogP contribution in [0.4, 0.5) is 4.39 Å². The van der Waals surface area contributed by atoms with Gasteiger partial charge in [0.2, 0.25) is 0 Å². The first kappa shape index (κ1) is 12.1. The molecule has 2 aliphatic rings. The van der Waals surface area contributed by atoms with E-state index in [1.807, 2.05) is 6.07 Å². The third-order valence-electron chi connectivity index (χ3n) is 4.39. The van der Waals surface area contributed by atoms with Crippen LogP contribution in [0, 0.1) is 5.82 Å². The normalized spacial score (nSPS) is 31.3. The van der Waals surface area contributed by atoms with E-state index in [0.29, 0.717) is 18.1 Å². The van der Waals surface area contributed by atoms with Crippen molar-refractivity contribution in [1.29, 1.82) is 0 Å². The second-order valence-electron chi connectivity index (χ2n) is 5.71. The Labute approximate surface area is 108 Å². The van der Waals surface area contributed by atoms with Crippen LogP contribution in [0.25, 0.3) is 0 Å². The van der Waals surface area contributed by atoms with E-state index >= 15 is 0 Å². The lowest BCUT2D eigenvalue weighted by molar-refractivity contribution is 0.315. The number of halogens is 1. The predicted molar refractivity (Wildman–Crippen MR) is 70.8 cm³/mol. The van der Waals surface area contributed by atoms with Gasteiger partial charge in [0.05, 0.1) is 0 Å². The number of aryl methyl sites for hydroxylation is 1. The molecule has 1 saturated carbocycles. The third-order valence-corrected chi connectivity index (χ3v) is 4.39. The van der Waals surface area contributed by atoms with E-state index in [9.17, 15) is 4.39 Å². The standard InChI is InChI=1S/C15H21FN2/c16-11-2-7-14-10(9-11)1-8-15(14)18-13-5-3-12(17)4-6-13/h2,7,9,12-13,15,18H,1,3-6,8,17H2. The zero-order chi connectivity index (χ0) is 12.5. The molecule has 3 N–H and O–H groups in total. The van der Waals surface area contributed by atoms with Crippen molar-refractivity contribution in [1.82, 2.24) is 5.32 Å². The van der Waals surface area contributed by atoms with Crippen LogP contribution in [0.2, 0.25) is 0 Å². The van der Waals surface area contributed by atoms with E-state index in [4.69, 9.17) is 5.73 Å². The number of nitrogens with one attached hydrogen (secondary N) is 1. The van der Waals surface area contributed by atoms with Gasteiger partial charge in [0.25, 0.3) is 0 Å². The lowest BCUT2D eigenvalue weighted by Crippen LogP contribution is -2.38. The van der Waals surface area contributed by atoms with Gasteiger partial charge in [0.1, 0.15) is 5.82 Å². The van der Waals surface area contributed by atoms with Crippen LogP contribution >= 0.6 is 0 Å². The molecule has 2 aliphatic carbocycles. The first-order valence-electron chi connectivity index (χ1n) is 7.02. The zero-order valence-corrected chi connectivity index (χ0v) is 10.7. The third kappa shape index (κ3) is 2.43. The molecule has 0 bridgehead atoms. The average Bonchev–Trinajstić information content (AvgIpc) is 2.74. The number of hydrogen-bond acceptors (Lipinski definition) is 2. The van der Waals surface area contributed by atoms with Crippen molar-refractivity contribution in [3.05, 3.63) is 35.1 Å². The van der Waals surface area contributed by atoms with Crippen LogP contribution < -0.4 is 11.1 Å². The van der Waals surface area contributed by atoms with E-state index in [2.05, 4.69) is 5.32 Å². The average molecular weight is 248 g/mol. The van der Waals surface area contributed by atoms with Crippen molar-refractivity contribution in [2.45, 2.75) is 56.7 Å². The number of fused-ring (bicyclic) bond motifs is 1. The minimum atomic E-state index is -0.113. The van der Waals surface area contributed by atoms with Crippen molar-refractivity contribution in [2.75, 3.05) is 0 Å². The zero-order valence-electron chi connectivity index (χ0n) is 10.7. The smallest absolute Gasteiger partial charge is 0.123 e. The maximum Gasteiger partial charge on any atom is 0.123 e. The first-order valence-corrected chi connectivity index (χ1v) is 7.02. The molecule has 1 unspecified atom stereocenters. The Morgan fingerprint density at radius 2 is 1.89 bits per heavy atom. The van der Waals surface area contributed by atoms with Crippen molar-refractivity contribution < 1.29 is 4.39 Å². The quantitative estimate of drug-likeness (QED) is 0.844. The molecule has 0 radical (unpaired) electrons. The molecule has 0 spiro atoms. The molecule has 2 nitrogen and oxygen atoms in total. The molecule has 3 rings (SSSR count). The Morgan fingerprint density at radius 3 is 2.67 bits per heavy atom. The highest BCUT2D eigenvalue weighted by Gasteiger charge is 2.26. The topological polar surface area (TPSA) is 38.0 Å². The van der Waals surface area contributed by atoms with Crippen LogP contribution in [-0.4, -0.2) is 12.1 Å². The van der Waals surface area contributed by atoms with Gasteiger partial charge in [0.15, 0.2) is 0 Å². The van der Waals surface area contributed by atoms with Gasteiger partial charge in [0, 0.05) is 18.1 Å². The summed E-state index contributed by atoms with van der Waals surface area (Å²) in [6.45, 7) is 0. The highest BCUT2D eigenvalue weighted by atomic mass is 19.1. The summed E-state index contributed by atoms with van der Waals surface area (Å²) in [4.78, 5) is 0. The fourth-order valence-corrected chi connectivity index (χ4v) is 3.33. The molecule has 3 heteroatoms. The molecule has 1 aromatic carbocycles. The second kappa shape index (κ2) is 4.98. The lowest BCUT2D eigenvalue weighted by Gasteiger charge is -2.29. The monoisotopic (exact) mass is 248 g/mol. The second-order valence-corrected chi connectivity index (χ2v) is 5.71. The first-order chi connectivity index (χ1) is 8.72. The van der Waals surface area contributed by atoms with Crippen LogP contribution in [0.15, 0.2) is 18.2 Å². The SMILES string of the molecule is NC1CCC(NC2CCc3cc(F)ccc32)CC1. The van der Waals surface area contributed by atoms with Gasteiger partial charge >= 0.3 is 0 Å². The summed E-state index contributed by atoms with van der Waals surface area (Å²) in [5.41, 5.74) is 8.41. The summed E-state index contributed by atoms with van der Waals surface area (Å²) < 4.78 is 13.2. The summed E-state index contributed by atoms with van der Waals surface area (Å²) in [5.74, 6) is -0.113. The predicted octanol–water partition coefficient (Wildman–Crippen LogP) is 2.67. The Bertz CT molecular complexity index is 425. The minimum absolute atomic E-state index is 0.113. The number of nitrogens with two attached hydrogens (primary N) is 1. The molecule has 1 aromatic rings. The van der Waals surface area contributed by atoms with Gasteiger partial charge in [-0.1, -0.05) is 6.07 Å². The summed E-state index contributed by atoms with van der Waals surface area (Å²) >= 11 is 0. The maximum absolute atomic E-state index is 13.2. The van der Waals surface area contributed by atoms with Crippen LogP contribution in [0.5, 0.6) is 0 Å². The van der Waals surface area contributed by atoms with E-state index in [0.717, 1.165) is 25.7 Å². The molecule has 0 saturated heterocycles. The molecular formula is C15H21FN2. The fourth-order valence-electron chi connectivity index (χ4n) is 3.33. The number of rotatable bonds is 2. The van der Waals surface area contributed by atoms with Crippen molar-refractivity contribution in [3.63, 3.8) is 0 Å². The molecule has 0 amide bonds. The van der Waals surface area contributed by atoms with E-state index in [1.165, 1.54) is 24.0 Å². The van der Waals surface area contributed by atoms with E-state index in [1.54, 1.807) is 12.1 Å². The molecule has 0 aromatic heterocycles. The van der Waals surface area contributed by atoms with Gasteiger partial charge in [-0.05, 0) is 61.8 Å². The summed E-state index contributed by atoms with van der Waals surface area (Å²) in [6.07, 6.45) is 6.70. The summed E-state index contributed by atoms with van der Waals surface area (Å²) in [7, 11) is 0. The molecule has 0 heterocycles. The number of benzene rings is 1. The van der Waals surface area contributed by atoms with Gasteiger partial charge in [-0.2, -0.15) is 0 Å². The molecule has 1 atom stereocenters. The van der Waals surface area contributed by atoms with Crippen molar-refractivity contribution >= 4 is 0 Å². The summed E-state index contributed by atoms with van der Waals surface area (Å²) in [6, 6.07) is 6.62. The Balaban J connectivity index is 1.66. The van der Waals surface area contributed by atoms with Crippen LogP contribution in [0.1, 0.15) is 49.3 Å². The summed E-state index contributed by atoms with van der Waals surface area (Å²) in [5, 5.41) is 3.74. The Hall–Kier alpha value is -0.930. The van der Waals surface area contributed by atoms with Gasteiger partial charge in [-0.3, -0.25) is 0 Å². The van der Waals surface area contributed by atoms with Gasteiger partial charge in [-0.15, -0.1) is 0 Å². The van der Waals surface area contributed by atoms with E-state index < -0.39 is 0 Å². The van der Waals surface area contributed by atoms with Crippen molar-refractivity contribution in [3.8, 4) is 0 Å². The lowest BCUT2D eigenvalue weighted by atomic mass is 9.91. The number of hydrogen-bond donors (Lipinski definition) is 2. The molecule has 1 fully saturated rings. The molecule has 18 heavy (non-hydrogen) atoms. The highest BCUT2D eigenvalue weighted by Crippen LogP contribution is 2.33. The van der Waals surface area contributed by atoms with Crippen molar-refractivity contribution in [2.24, 2.45) is 5.73 Å². The molecule has 0 aliphatic heterocycles. The highest BCUT2D eigenvalue weighted by molar-refractivity contribution is 5.35. The molecular weight excluding hydrogens is 227 g/mol. The Kier molecular flexibility index (Phi) is 3.35. The largest absolute Gasteiger partial charge is 0.328 e. The van der Waals surface area contributed by atoms with E-state index in [-0.39, 0.29) is 5.82 Å².